The molecule has 1 N–H and O–H groups in total. The molecule has 2 rings (SSSR count). The summed E-state index contributed by atoms with van der Waals surface area (Å²) in [6, 6.07) is 8.86. The molecular weight excluding hydrogens is 222 g/mol. The fourth-order valence-electron chi connectivity index (χ4n) is 2.17. The molecule has 1 atom stereocenters. The van der Waals surface area contributed by atoms with E-state index in [0.717, 1.165) is 18.9 Å². The Bertz CT molecular complexity index is 311. The van der Waals surface area contributed by atoms with Crippen LogP contribution in [0.3, 0.4) is 0 Å². The molecule has 0 bridgehead atoms. The molecule has 1 saturated heterocycles. The molecule has 0 saturated carbocycles. The van der Waals surface area contributed by atoms with E-state index in [0.29, 0.717) is 6.04 Å². The van der Waals surface area contributed by atoms with Crippen LogP contribution in [0.2, 0.25) is 0 Å². The van der Waals surface area contributed by atoms with Gasteiger partial charge >= 0.3 is 0 Å². The van der Waals surface area contributed by atoms with Gasteiger partial charge in [-0.25, -0.2) is 0 Å². The number of hydrogen-bond donors (Lipinski definition) is 1. The van der Waals surface area contributed by atoms with Gasteiger partial charge in [0.1, 0.15) is 5.75 Å². The van der Waals surface area contributed by atoms with Gasteiger partial charge in [0.15, 0.2) is 0 Å². The zero-order valence-electron chi connectivity index (χ0n) is 9.74. The van der Waals surface area contributed by atoms with Crippen molar-refractivity contribution >= 4 is 12.4 Å². The zero-order chi connectivity index (χ0) is 10.5. The third-order valence-corrected chi connectivity index (χ3v) is 2.90. The molecule has 90 valence electrons. The van der Waals surface area contributed by atoms with Crippen LogP contribution in [-0.4, -0.2) is 13.2 Å². The largest absolute Gasteiger partial charge is 0.494 e. The van der Waals surface area contributed by atoms with Gasteiger partial charge in [-0.1, -0.05) is 24.6 Å². The summed E-state index contributed by atoms with van der Waals surface area (Å²) >= 11 is 0. The summed E-state index contributed by atoms with van der Waals surface area (Å²) in [6.45, 7) is 3.90. The van der Waals surface area contributed by atoms with Crippen LogP contribution in [0, 0.1) is 0 Å². The van der Waals surface area contributed by atoms with E-state index in [4.69, 9.17) is 4.74 Å². The van der Waals surface area contributed by atoms with Gasteiger partial charge in [0.05, 0.1) is 6.61 Å². The highest BCUT2D eigenvalue weighted by Crippen LogP contribution is 2.30. The summed E-state index contributed by atoms with van der Waals surface area (Å²) in [4.78, 5) is 0. The van der Waals surface area contributed by atoms with Crippen molar-refractivity contribution in [1.82, 2.24) is 5.32 Å². The van der Waals surface area contributed by atoms with Crippen molar-refractivity contribution in [3.63, 3.8) is 0 Å². The Labute approximate surface area is 104 Å². The first kappa shape index (κ1) is 13.3. The number of rotatable bonds is 3. The van der Waals surface area contributed by atoms with Crippen molar-refractivity contribution in [1.29, 1.82) is 0 Å². The van der Waals surface area contributed by atoms with E-state index < -0.39 is 0 Å². The summed E-state index contributed by atoms with van der Waals surface area (Å²) in [7, 11) is 0. The number of ether oxygens (including phenoxy) is 1. The van der Waals surface area contributed by atoms with Crippen LogP contribution in [-0.2, 0) is 0 Å². The maximum atomic E-state index is 5.65. The van der Waals surface area contributed by atoms with Gasteiger partial charge in [0.2, 0.25) is 0 Å². The molecular formula is C13H20ClNO. The Morgan fingerprint density at radius 3 is 2.81 bits per heavy atom. The molecule has 0 amide bonds. The molecule has 1 unspecified atom stereocenters. The molecule has 0 radical (unpaired) electrons. The molecule has 1 aromatic carbocycles. The number of nitrogens with one attached hydrogen (secondary N) is 1. The monoisotopic (exact) mass is 241 g/mol. The fraction of sp³-hybridized carbons (Fsp3) is 0.538. The molecule has 1 aliphatic heterocycles. The third kappa shape index (κ3) is 3.13. The van der Waals surface area contributed by atoms with Crippen molar-refractivity contribution in [3.05, 3.63) is 29.8 Å². The summed E-state index contributed by atoms with van der Waals surface area (Å²) in [5, 5.41) is 3.55. The Morgan fingerprint density at radius 1 is 1.31 bits per heavy atom. The Morgan fingerprint density at radius 2 is 2.12 bits per heavy atom. The highest BCUT2D eigenvalue weighted by Gasteiger charge is 2.17. The van der Waals surface area contributed by atoms with Crippen LogP contribution in [0.25, 0.3) is 0 Å². The van der Waals surface area contributed by atoms with Crippen LogP contribution in [0.4, 0.5) is 0 Å². The van der Waals surface area contributed by atoms with E-state index in [2.05, 4.69) is 23.5 Å². The molecule has 0 spiro atoms. The summed E-state index contributed by atoms with van der Waals surface area (Å²) in [5.41, 5.74) is 1.32. The average Bonchev–Trinajstić information content (AvgIpc) is 2.31. The van der Waals surface area contributed by atoms with Crippen LogP contribution in [0.5, 0.6) is 5.75 Å². The molecule has 16 heavy (non-hydrogen) atoms. The zero-order valence-corrected chi connectivity index (χ0v) is 10.6. The number of benzene rings is 1. The van der Waals surface area contributed by atoms with Gasteiger partial charge in [-0.3, -0.25) is 0 Å². The van der Waals surface area contributed by atoms with E-state index in [1.54, 1.807) is 0 Å². The SMILES string of the molecule is CCOc1ccccc1C1CCCCN1.Cl. The number of hydrogen-bond acceptors (Lipinski definition) is 2. The number of piperidine rings is 1. The lowest BCUT2D eigenvalue weighted by molar-refractivity contribution is 0.324. The van der Waals surface area contributed by atoms with E-state index in [-0.39, 0.29) is 12.4 Å². The van der Waals surface area contributed by atoms with E-state index >= 15 is 0 Å². The first-order chi connectivity index (χ1) is 7.42. The Hall–Kier alpha value is -0.730. The second-order valence-electron chi connectivity index (χ2n) is 3.97. The molecule has 1 aliphatic rings. The maximum Gasteiger partial charge on any atom is 0.124 e. The molecule has 0 aliphatic carbocycles. The van der Waals surface area contributed by atoms with Gasteiger partial charge in [0, 0.05) is 11.6 Å². The minimum Gasteiger partial charge on any atom is -0.494 e. The van der Waals surface area contributed by atoms with Gasteiger partial charge in [0.25, 0.3) is 0 Å². The lowest BCUT2D eigenvalue weighted by atomic mass is 9.97. The lowest BCUT2D eigenvalue weighted by Crippen LogP contribution is -2.27. The summed E-state index contributed by atoms with van der Waals surface area (Å²) < 4.78 is 5.65. The quantitative estimate of drug-likeness (QED) is 0.877. The molecule has 1 aromatic rings. The minimum absolute atomic E-state index is 0. The van der Waals surface area contributed by atoms with Gasteiger partial charge < -0.3 is 10.1 Å². The third-order valence-electron chi connectivity index (χ3n) is 2.90. The lowest BCUT2D eigenvalue weighted by Gasteiger charge is -2.25. The fourth-order valence-corrected chi connectivity index (χ4v) is 2.17. The first-order valence-electron chi connectivity index (χ1n) is 5.87. The van der Waals surface area contributed by atoms with Crippen molar-refractivity contribution in [3.8, 4) is 5.75 Å². The first-order valence-corrected chi connectivity index (χ1v) is 5.87. The highest BCUT2D eigenvalue weighted by molar-refractivity contribution is 5.85. The van der Waals surface area contributed by atoms with Crippen molar-refractivity contribution in [2.24, 2.45) is 0 Å². The summed E-state index contributed by atoms with van der Waals surface area (Å²) in [5.74, 6) is 1.04. The van der Waals surface area contributed by atoms with Crippen molar-refractivity contribution in [2.45, 2.75) is 32.2 Å². The van der Waals surface area contributed by atoms with Gasteiger partial charge in [-0.05, 0) is 32.4 Å². The molecule has 1 fully saturated rings. The normalized spacial score (nSPS) is 19.9. The Kier molecular flexibility index (Phi) is 5.64. The van der Waals surface area contributed by atoms with Crippen LogP contribution in [0.15, 0.2) is 24.3 Å². The van der Waals surface area contributed by atoms with Gasteiger partial charge in [-0.2, -0.15) is 0 Å². The molecule has 0 aromatic heterocycles. The van der Waals surface area contributed by atoms with E-state index in [9.17, 15) is 0 Å². The van der Waals surface area contributed by atoms with E-state index in [1.807, 2.05) is 13.0 Å². The number of para-hydroxylation sites is 1. The number of halogens is 1. The second kappa shape index (κ2) is 6.77. The predicted octanol–water partition coefficient (Wildman–Crippen LogP) is 3.32. The molecule has 1 heterocycles. The molecule has 3 heteroatoms. The predicted molar refractivity (Wildman–Crippen MR) is 69.5 cm³/mol. The summed E-state index contributed by atoms with van der Waals surface area (Å²) in [6.07, 6.45) is 3.84. The van der Waals surface area contributed by atoms with Gasteiger partial charge in [-0.15, -0.1) is 12.4 Å². The smallest absolute Gasteiger partial charge is 0.124 e. The van der Waals surface area contributed by atoms with Crippen molar-refractivity contribution in [2.75, 3.05) is 13.2 Å². The van der Waals surface area contributed by atoms with Crippen LogP contribution in [0.1, 0.15) is 37.8 Å². The Balaban J connectivity index is 0.00000128. The second-order valence-corrected chi connectivity index (χ2v) is 3.97. The average molecular weight is 242 g/mol. The minimum atomic E-state index is 0. The highest BCUT2D eigenvalue weighted by atomic mass is 35.5. The molecule has 2 nitrogen and oxygen atoms in total. The topological polar surface area (TPSA) is 21.3 Å². The van der Waals surface area contributed by atoms with Crippen molar-refractivity contribution < 1.29 is 4.74 Å². The maximum absolute atomic E-state index is 5.65. The standard InChI is InChI=1S/C13H19NO.ClH/c1-2-15-13-9-4-3-7-11(13)12-8-5-6-10-14-12;/h3-4,7,9,12,14H,2,5-6,8,10H2,1H3;1H. The van der Waals surface area contributed by atoms with E-state index in [1.165, 1.54) is 24.8 Å². The van der Waals surface area contributed by atoms with Crippen LogP contribution < -0.4 is 10.1 Å². The van der Waals surface area contributed by atoms with Crippen LogP contribution >= 0.6 is 12.4 Å².